The molecule has 2 amide bonds. The summed E-state index contributed by atoms with van der Waals surface area (Å²) in [6.07, 6.45) is 0.675. The van der Waals surface area contributed by atoms with Crippen LogP contribution in [0, 0.1) is 6.92 Å². The van der Waals surface area contributed by atoms with E-state index in [0.717, 1.165) is 33.6 Å². The number of rotatable bonds is 11. The van der Waals surface area contributed by atoms with E-state index in [2.05, 4.69) is 5.32 Å². The lowest BCUT2D eigenvalue weighted by Gasteiger charge is -2.24. The van der Waals surface area contributed by atoms with E-state index in [4.69, 9.17) is 19.3 Å². The molecule has 1 aliphatic heterocycles. The van der Waals surface area contributed by atoms with Gasteiger partial charge in [0.05, 0.1) is 36.6 Å². The molecule has 1 N–H and O–H groups in total. The van der Waals surface area contributed by atoms with Gasteiger partial charge in [0.25, 0.3) is 0 Å². The first kappa shape index (κ1) is 30.2. The largest absolute Gasteiger partial charge is 0.497 e. The van der Waals surface area contributed by atoms with Crippen molar-refractivity contribution in [3.05, 3.63) is 89.5 Å². The van der Waals surface area contributed by atoms with Crippen LogP contribution >= 0.6 is 11.8 Å². The molecule has 4 aromatic rings. The maximum absolute atomic E-state index is 13.9. The zero-order valence-electron chi connectivity index (χ0n) is 24.8. The van der Waals surface area contributed by atoms with E-state index in [0.29, 0.717) is 36.9 Å². The van der Waals surface area contributed by atoms with Gasteiger partial charge in [0.1, 0.15) is 23.9 Å². The number of aryl methyl sites for hydroxylation is 1. The minimum atomic E-state index is -0.354. The van der Waals surface area contributed by atoms with Crippen LogP contribution in [0.5, 0.6) is 11.5 Å². The number of nitrogens with one attached hydrogen (secondary N) is 1. The molecule has 1 atom stereocenters. The third-order valence-corrected chi connectivity index (χ3v) is 8.52. The summed E-state index contributed by atoms with van der Waals surface area (Å²) in [7, 11) is 4.88. The molecule has 0 spiro atoms. The third kappa shape index (κ3) is 6.55. The fourth-order valence-corrected chi connectivity index (χ4v) is 6.34. The molecule has 43 heavy (non-hydrogen) atoms. The molecule has 1 aliphatic rings. The molecule has 0 fully saturated rings. The number of carbonyl (C=O) groups is 2. The van der Waals surface area contributed by atoms with Crippen LogP contribution < -0.4 is 19.7 Å². The first-order valence-corrected chi connectivity index (χ1v) is 15.1. The van der Waals surface area contributed by atoms with Crippen LogP contribution in [0.3, 0.4) is 0 Å². The van der Waals surface area contributed by atoms with Gasteiger partial charge in [-0.05, 0) is 43.7 Å². The molecule has 9 nitrogen and oxygen atoms in total. The minimum absolute atomic E-state index is 0.146. The number of hydrogen-bond acceptors (Lipinski definition) is 7. The lowest BCUT2D eigenvalue weighted by atomic mass is 9.98. The van der Waals surface area contributed by atoms with Crippen LogP contribution in [0.1, 0.15) is 28.4 Å². The average molecular weight is 601 g/mol. The van der Waals surface area contributed by atoms with Crippen molar-refractivity contribution in [1.82, 2.24) is 15.1 Å². The van der Waals surface area contributed by atoms with Crippen LogP contribution in [0.4, 0.5) is 5.82 Å². The van der Waals surface area contributed by atoms with Crippen molar-refractivity contribution in [1.29, 1.82) is 0 Å². The Kier molecular flexibility index (Phi) is 9.68. The second-order valence-corrected chi connectivity index (χ2v) is 11.3. The van der Waals surface area contributed by atoms with E-state index >= 15 is 0 Å². The van der Waals surface area contributed by atoms with Crippen molar-refractivity contribution in [2.75, 3.05) is 51.7 Å². The number of aromatic nitrogens is 2. The molecule has 3 aromatic carbocycles. The molecule has 0 aliphatic carbocycles. The molecule has 0 saturated carbocycles. The molecule has 2 heterocycles. The van der Waals surface area contributed by atoms with E-state index in [9.17, 15) is 9.59 Å². The maximum atomic E-state index is 13.9. The number of ether oxygens (including phenoxy) is 3. The Labute approximate surface area is 256 Å². The van der Waals surface area contributed by atoms with E-state index in [1.807, 2.05) is 79.7 Å². The van der Waals surface area contributed by atoms with E-state index < -0.39 is 0 Å². The minimum Gasteiger partial charge on any atom is -0.497 e. The molecule has 0 bridgehead atoms. The van der Waals surface area contributed by atoms with E-state index in [-0.39, 0.29) is 29.4 Å². The van der Waals surface area contributed by atoms with Crippen LogP contribution in [-0.4, -0.2) is 68.4 Å². The number of anilines is 1. The fraction of sp³-hybridized carbons (Fsp3) is 0.303. The van der Waals surface area contributed by atoms with Crippen molar-refractivity contribution < 1.29 is 23.8 Å². The standard InChI is InChI=1S/C33H36N4O5S/c1-22-11-13-24(14-12-22)37-33-30(31(35-37)23-9-6-5-7-10-23)32(26-19-25(41-3)15-16-27(26)42-4)43-21-29(39)36(33)20-28(38)34-17-8-18-40-2/h5-7,9-16,19,32H,8,17-18,20-21H2,1-4H3,(H,34,38)/t32-/m0/s1. The summed E-state index contributed by atoms with van der Waals surface area (Å²) in [5.74, 6) is 1.61. The summed E-state index contributed by atoms with van der Waals surface area (Å²) in [6.45, 7) is 2.86. The van der Waals surface area contributed by atoms with Crippen LogP contribution in [0.25, 0.3) is 16.9 Å². The summed E-state index contributed by atoms with van der Waals surface area (Å²) in [5, 5.41) is 7.72. The van der Waals surface area contributed by atoms with E-state index in [1.54, 1.807) is 30.9 Å². The summed E-state index contributed by atoms with van der Waals surface area (Å²) in [5.41, 5.74) is 5.18. The lowest BCUT2D eigenvalue weighted by molar-refractivity contribution is -0.122. The Morgan fingerprint density at radius 2 is 1.79 bits per heavy atom. The van der Waals surface area contributed by atoms with Crippen molar-refractivity contribution >= 4 is 29.4 Å². The second kappa shape index (κ2) is 13.8. The molecular weight excluding hydrogens is 564 g/mol. The van der Waals surface area contributed by atoms with Crippen molar-refractivity contribution in [2.45, 2.75) is 18.6 Å². The summed E-state index contributed by atoms with van der Waals surface area (Å²) < 4.78 is 18.3. The lowest BCUT2D eigenvalue weighted by Crippen LogP contribution is -2.42. The van der Waals surface area contributed by atoms with Crippen LogP contribution in [0.2, 0.25) is 0 Å². The monoisotopic (exact) mass is 600 g/mol. The van der Waals surface area contributed by atoms with Crippen molar-refractivity contribution in [3.63, 3.8) is 0 Å². The molecule has 0 saturated heterocycles. The molecule has 224 valence electrons. The second-order valence-electron chi connectivity index (χ2n) is 10.2. The van der Waals surface area contributed by atoms with Crippen molar-refractivity contribution in [3.8, 4) is 28.4 Å². The highest BCUT2D eigenvalue weighted by atomic mass is 32.2. The van der Waals surface area contributed by atoms with Gasteiger partial charge in [-0.15, -0.1) is 11.8 Å². The maximum Gasteiger partial charge on any atom is 0.240 e. The zero-order valence-corrected chi connectivity index (χ0v) is 25.6. The predicted molar refractivity (Wildman–Crippen MR) is 169 cm³/mol. The van der Waals surface area contributed by atoms with E-state index in [1.165, 1.54) is 11.8 Å². The predicted octanol–water partition coefficient (Wildman–Crippen LogP) is 5.19. The number of benzene rings is 3. The molecule has 0 radical (unpaired) electrons. The number of methoxy groups -OCH3 is 3. The Balaban J connectivity index is 1.75. The van der Waals surface area contributed by atoms with Gasteiger partial charge < -0.3 is 19.5 Å². The normalized spacial score (nSPS) is 14.7. The molecular formula is C33H36N4O5S. The average Bonchev–Trinajstić information content (AvgIpc) is 3.36. The highest BCUT2D eigenvalue weighted by Gasteiger charge is 2.38. The van der Waals surface area contributed by atoms with Gasteiger partial charge in [0.15, 0.2) is 0 Å². The Bertz CT molecular complexity index is 1570. The third-order valence-electron chi connectivity index (χ3n) is 7.28. The Morgan fingerprint density at radius 3 is 2.49 bits per heavy atom. The van der Waals surface area contributed by atoms with Gasteiger partial charge in [-0.1, -0.05) is 48.0 Å². The fourth-order valence-electron chi connectivity index (χ4n) is 5.13. The quantitative estimate of drug-likeness (QED) is 0.237. The van der Waals surface area contributed by atoms with Gasteiger partial charge >= 0.3 is 0 Å². The smallest absolute Gasteiger partial charge is 0.240 e. The number of nitrogens with zero attached hydrogens (tertiary/aromatic N) is 3. The number of thioether (sulfide) groups is 1. The van der Waals surface area contributed by atoms with Gasteiger partial charge in [-0.3, -0.25) is 14.5 Å². The number of hydrogen-bond donors (Lipinski definition) is 1. The summed E-state index contributed by atoms with van der Waals surface area (Å²) >= 11 is 1.48. The first-order valence-electron chi connectivity index (χ1n) is 14.1. The number of carbonyl (C=O) groups excluding carboxylic acids is 2. The zero-order chi connectivity index (χ0) is 30.3. The Morgan fingerprint density at radius 1 is 1.02 bits per heavy atom. The van der Waals surface area contributed by atoms with Crippen LogP contribution in [-0.2, 0) is 14.3 Å². The molecule has 0 unspecified atom stereocenters. The molecule has 5 rings (SSSR count). The number of amides is 2. The van der Waals surface area contributed by atoms with Crippen molar-refractivity contribution in [2.24, 2.45) is 0 Å². The van der Waals surface area contributed by atoms with Crippen LogP contribution in [0.15, 0.2) is 72.8 Å². The topological polar surface area (TPSA) is 94.9 Å². The van der Waals surface area contributed by atoms with Gasteiger partial charge in [-0.25, -0.2) is 4.68 Å². The Hall–Kier alpha value is -4.28. The first-order chi connectivity index (χ1) is 20.9. The SMILES string of the molecule is COCCCNC(=O)CN1C(=O)CS[C@@H](c2cc(OC)ccc2OC)c2c(-c3ccccc3)nn(-c3ccc(C)cc3)c21. The highest BCUT2D eigenvalue weighted by molar-refractivity contribution is 8.00. The summed E-state index contributed by atoms with van der Waals surface area (Å²) in [6, 6.07) is 23.5. The molecule has 1 aromatic heterocycles. The van der Waals surface area contributed by atoms with Gasteiger partial charge in [-0.2, -0.15) is 5.10 Å². The molecule has 10 heteroatoms. The summed E-state index contributed by atoms with van der Waals surface area (Å²) in [4.78, 5) is 28.7. The number of fused-ring (bicyclic) bond motifs is 1. The van der Waals surface area contributed by atoms with Gasteiger partial charge in [0.2, 0.25) is 11.8 Å². The highest BCUT2D eigenvalue weighted by Crippen LogP contribution is 2.51. The van der Waals surface area contributed by atoms with Gasteiger partial charge in [0, 0.05) is 37.0 Å².